The Labute approximate surface area is 134 Å². The molecule has 0 fully saturated rings. The van der Waals surface area contributed by atoms with Crippen LogP contribution in [0.1, 0.15) is 30.8 Å². The van der Waals surface area contributed by atoms with Crippen molar-refractivity contribution >= 4 is 17.4 Å². The molecule has 0 bridgehead atoms. The van der Waals surface area contributed by atoms with Crippen molar-refractivity contribution in [3.8, 4) is 11.5 Å². The third-order valence-electron chi connectivity index (χ3n) is 3.53. The van der Waals surface area contributed by atoms with E-state index in [1.807, 2.05) is 0 Å². The lowest BCUT2D eigenvalue weighted by Gasteiger charge is -2.11. The van der Waals surface area contributed by atoms with Gasteiger partial charge in [0.1, 0.15) is 5.82 Å². The number of benzene rings is 1. The predicted molar refractivity (Wildman–Crippen MR) is 85.9 cm³/mol. The van der Waals surface area contributed by atoms with Crippen LogP contribution in [0.2, 0.25) is 0 Å². The molecule has 1 aromatic heterocycles. The Morgan fingerprint density at radius 2 is 2.04 bits per heavy atom. The van der Waals surface area contributed by atoms with Gasteiger partial charge in [0.25, 0.3) is 5.91 Å². The minimum atomic E-state index is -0.327. The molecule has 23 heavy (non-hydrogen) atoms. The predicted octanol–water partition coefficient (Wildman–Crippen LogP) is 2.67. The molecule has 7 nitrogen and oxygen atoms in total. The summed E-state index contributed by atoms with van der Waals surface area (Å²) in [5, 5.41) is 13.9. The number of carbonyl (C=O) groups excluding carboxylic acids is 1. The Balaban J connectivity index is 1.66. The number of amides is 1. The van der Waals surface area contributed by atoms with Gasteiger partial charge in [0.15, 0.2) is 17.2 Å². The summed E-state index contributed by atoms with van der Waals surface area (Å²) in [6.45, 7) is 4.34. The van der Waals surface area contributed by atoms with Gasteiger partial charge in [0.2, 0.25) is 6.79 Å². The first-order chi connectivity index (χ1) is 11.2. The fourth-order valence-corrected chi connectivity index (χ4v) is 2.05. The zero-order valence-corrected chi connectivity index (χ0v) is 13.0. The van der Waals surface area contributed by atoms with E-state index in [1.165, 1.54) is 0 Å². The van der Waals surface area contributed by atoms with E-state index in [9.17, 15) is 4.79 Å². The number of aromatic nitrogens is 2. The third-order valence-corrected chi connectivity index (χ3v) is 3.53. The highest BCUT2D eigenvalue weighted by atomic mass is 16.7. The van der Waals surface area contributed by atoms with Gasteiger partial charge in [-0.05, 0) is 37.6 Å². The molecule has 0 saturated carbocycles. The zero-order chi connectivity index (χ0) is 16.2. The number of carbonyl (C=O) groups is 1. The molecule has 0 radical (unpaired) electrons. The topological polar surface area (TPSA) is 85.4 Å². The van der Waals surface area contributed by atoms with E-state index in [4.69, 9.17) is 9.47 Å². The van der Waals surface area contributed by atoms with Crippen molar-refractivity contribution in [3.63, 3.8) is 0 Å². The van der Waals surface area contributed by atoms with Crippen LogP contribution in [0.5, 0.6) is 11.5 Å². The van der Waals surface area contributed by atoms with Gasteiger partial charge in [-0.3, -0.25) is 4.79 Å². The molecule has 7 heteroatoms. The summed E-state index contributed by atoms with van der Waals surface area (Å²) >= 11 is 0. The van der Waals surface area contributed by atoms with E-state index in [-0.39, 0.29) is 18.4 Å². The SMILES string of the molecule is CCC(C)Nc1ccc(C(=O)Nc2ccc3c(c2)OCO3)nn1. The van der Waals surface area contributed by atoms with Crippen LogP contribution in [0, 0.1) is 0 Å². The summed E-state index contributed by atoms with van der Waals surface area (Å²) in [7, 11) is 0. The van der Waals surface area contributed by atoms with Crippen LogP contribution >= 0.6 is 0 Å². The number of hydrogen-bond acceptors (Lipinski definition) is 6. The first kappa shape index (κ1) is 15.1. The van der Waals surface area contributed by atoms with Crippen LogP contribution in [0.4, 0.5) is 11.5 Å². The molecule has 120 valence electrons. The molecule has 0 aliphatic carbocycles. The van der Waals surface area contributed by atoms with Crippen molar-refractivity contribution in [2.24, 2.45) is 0 Å². The molecular formula is C16H18N4O3. The molecule has 2 aromatic rings. The van der Waals surface area contributed by atoms with Gasteiger partial charge < -0.3 is 20.1 Å². The van der Waals surface area contributed by atoms with Crippen LogP contribution in [-0.2, 0) is 0 Å². The number of anilines is 2. The molecule has 1 aliphatic rings. The monoisotopic (exact) mass is 314 g/mol. The second kappa shape index (κ2) is 6.51. The number of nitrogens with zero attached hydrogens (tertiary/aromatic N) is 2. The standard InChI is InChI=1S/C16H18N4O3/c1-3-10(2)17-15-7-5-12(19-20-15)16(21)18-11-4-6-13-14(8-11)23-9-22-13/h4-8,10H,3,9H2,1-2H3,(H,17,20)(H,18,21). The Morgan fingerprint density at radius 3 is 2.78 bits per heavy atom. The first-order valence-electron chi connectivity index (χ1n) is 7.47. The Hall–Kier alpha value is -2.83. The van der Waals surface area contributed by atoms with Gasteiger partial charge in [-0.15, -0.1) is 10.2 Å². The number of fused-ring (bicyclic) bond motifs is 1. The summed E-state index contributed by atoms with van der Waals surface area (Å²) in [6.07, 6.45) is 0.980. The van der Waals surface area contributed by atoms with Gasteiger partial charge in [-0.25, -0.2) is 0 Å². The molecule has 1 amide bonds. The number of nitrogens with one attached hydrogen (secondary N) is 2. The van der Waals surface area contributed by atoms with Crippen molar-refractivity contribution in [2.45, 2.75) is 26.3 Å². The van der Waals surface area contributed by atoms with Crippen LogP contribution < -0.4 is 20.1 Å². The number of rotatable bonds is 5. The Kier molecular flexibility index (Phi) is 4.27. The minimum Gasteiger partial charge on any atom is -0.454 e. The molecule has 2 N–H and O–H groups in total. The van der Waals surface area contributed by atoms with Gasteiger partial charge in [0.05, 0.1) is 0 Å². The van der Waals surface area contributed by atoms with Gasteiger partial charge >= 0.3 is 0 Å². The molecular weight excluding hydrogens is 296 g/mol. The van der Waals surface area contributed by atoms with E-state index < -0.39 is 0 Å². The van der Waals surface area contributed by atoms with Crippen LogP contribution in [-0.4, -0.2) is 28.9 Å². The highest BCUT2D eigenvalue weighted by Crippen LogP contribution is 2.34. The summed E-state index contributed by atoms with van der Waals surface area (Å²) in [6, 6.07) is 8.90. The summed E-state index contributed by atoms with van der Waals surface area (Å²) < 4.78 is 10.5. The van der Waals surface area contributed by atoms with E-state index >= 15 is 0 Å². The Morgan fingerprint density at radius 1 is 1.22 bits per heavy atom. The van der Waals surface area contributed by atoms with E-state index in [0.29, 0.717) is 29.0 Å². The normalized spacial score (nSPS) is 13.5. The molecule has 2 heterocycles. The molecule has 1 unspecified atom stereocenters. The zero-order valence-electron chi connectivity index (χ0n) is 13.0. The molecule has 3 rings (SSSR count). The van der Waals surface area contributed by atoms with Crippen molar-refractivity contribution in [2.75, 3.05) is 17.4 Å². The van der Waals surface area contributed by atoms with E-state index in [1.54, 1.807) is 30.3 Å². The lowest BCUT2D eigenvalue weighted by Crippen LogP contribution is -2.17. The van der Waals surface area contributed by atoms with E-state index in [2.05, 4.69) is 34.7 Å². The van der Waals surface area contributed by atoms with Crippen molar-refractivity contribution in [3.05, 3.63) is 36.0 Å². The average Bonchev–Trinajstić information content (AvgIpc) is 3.03. The fourth-order valence-electron chi connectivity index (χ4n) is 2.05. The van der Waals surface area contributed by atoms with Crippen LogP contribution in [0.25, 0.3) is 0 Å². The maximum atomic E-state index is 12.2. The summed E-state index contributed by atoms with van der Waals surface area (Å²) in [4.78, 5) is 12.2. The van der Waals surface area contributed by atoms with Gasteiger partial charge in [0, 0.05) is 17.8 Å². The van der Waals surface area contributed by atoms with Crippen LogP contribution in [0.3, 0.4) is 0 Å². The fraction of sp³-hybridized carbons (Fsp3) is 0.312. The third kappa shape index (κ3) is 3.50. The molecule has 1 aromatic carbocycles. The van der Waals surface area contributed by atoms with Crippen molar-refractivity contribution in [1.82, 2.24) is 10.2 Å². The summed E-state index contributed by atoms with van der Waals surface area (Å²) in [5.41, 5.74) is 0.861. The van der Waals surface area contributed by atoms with Crippen LogP contribution in [0.15, 0.2) is 30.3 Å². The van der Waals surface area contributed by atoms with Gasteiger partial charge in [-0.2, -0.15) is 0 Å². The van der Waals surface area contributed by atoms with Crippen molar-refractivity contribution < 1.29 is 14.3 Å². The minimum absolute atomic E-state index is 0.197. The quantitative estimate of drug-likeness (QED) is 0.882. The molecule has 0 spiro atoms. The summed E-state index contributed by atoms with van der Waals surface area (Å²) in [5.74, 6) is 1.61. The van der Waals surface area contributed by atoms with Gasteiger partial charge in [-0.1, -0.05) is 6.92 Å². The second-order valence-electron chi connectivity index (χ2n) is 5.28. The average molecular weight is 314 g/mol. The Bertz CT molecular complexity index is 703. The highest BCUT2D eigenvalue weighted by Gasteiger charge is 2.15. The lowest BCUT2D eigenvalue weighted by atomic mass is 10.2. The molecule has 1 atom stereocenters. The smallest absolute Gasteiger partial charge is 0.276 e. The number of hydrogen-bond donors (Lipinski definition) is 2. The maximum Gasteiger partial charge on any atom is 0.276 e. The first-order valence-corrected chi connectivity index (χ1v) is 7.47. The highest BCUT2D eigenvalue weighted by molar-refractivity contribution is 6.02. The molecule has 0 saturated heterocycles. The maximum absolute atomic E-state index is 12.2. The second-order valence-corrected chi connectivity index (χ2v) is 5.28. The number of ether oxygens (including phenoxy) is 2. The lowest BCUT2D eigenvalue weighted by molar-refractivity contribution is 0.102. The molecule has 1 aliphatic heterocycles. The largest absolute Gasteiger partial charge is 0.454 e. The van der Waals surface area contributed by atoms with Crippen molar-refractivity contribution in [1.29, 1.82) is 0 Å². The van der Waals surface area contributed by atoms with E-state index in [0.717, 1.165) is 6.42 Å².